The van der Waals surface area contributed by atoms with Crippen molar-refractivity contribution in [3.8, 4) is 0 Å². The Balaban J connectivity index is 2.59. The minimum atomic E-state index is 0.747. The van der Waals surface area contributed by atoms with Crippen LogP contribution in [-0.2, 0) is 0 Å². The van der Waals surface area contributed by atoms with Crippen molar-refractivity contribution < 1.29 is 0 Å². The lowest BCUT2D eigenvalue weighted by atomic mass is 10.3. The molecule has 0 unspecified atom stereocenters. The average Bonchev–Trinajstić information content (AvgIpc) is 2.62. The molecule has 0 spiro atoms. The second-order valence-corrected chi connectivity index (χ2v) is 4.11. The second-order valence-electron chi connectivity index (χ2n) is 2.67. The zero-order valence-corrected chi connectivity index (χ0v) is 8.01. The van der Waals surface area contributed by atoms with Crippen LogP contribution in [0.25, 0.3) is 15.2 Å². The number of benzene rings is 1. The van der Waals surface area contributed by atoms with Gasteiger partial charge in [-0.3, -0.25) is 0 Å². The monoisotopic (exact) mass is 209 g/mol. The fourth-order valence-electron chi connectivity index (χ4n) is 1.31. The standard InChI is InChI=1S/C8H4ClN3S/c9-5-1-2-6-7(3-5)13-8-10-4-11-12(6)8/h1-4H. The summed E-state index contributed by atoms with van der Waals surface area (Å²) in [5.41, 5.74) is 1.06. The van der Waals surface area contributed by atoms with Crippen molar-refractivity contribution in [3.63, 3.8) is 0 Å². The quantitative estimate of drug-likeness (QED) is 0.570. The molecule has 0 atom stereocenters. The molecule has 0 N–H and O–H groups in total. The molecule has 2 aromatic heterocycles. The summed E-state index contributed by atoms with van der Waals surface area (Å²) in [6.45, 7) is 0. The van der Waals surface area contributed by atoms with E-state index in [4.69, 9.17) is 11.6 Å². The van der Waals surface area contributed by atoms with E-state index in [-0.39, 0.29) is 0 Å². The Hall–Kier alpha value is -1.13. The SMILES string of the molecule is Clc1ccc2c(c1)sc1ncnn12. The van der Waals surface area contributed by atoms with Crippen LogP contribution in [0.1, 0.15) is 0 Å². The van der Waals surface area contributed by atoms with E-state index in [1.54, 1.807) is 17.7 Å². The van der Waals surface area contributed by atoms with Gasteiger partial charge in [0.25, 0.3) is 0 Å². The van der Waals surface area contributed by atoms with Gasteiger partial charge in [0.1, 0.15) is 6.33 Å². The predicted octanol–water partition coefficient (Wildman–Crippen LogP) is 2.60. The molecule has 2 heterocycles. The highest BCUT2D eigenvalue weighted by Gasteiger charge is 2.05. The van der Waals surface area contributed by atoms with Crippen LogP contribution in [-0.4, -0.2) is 14.6 Å². The number of nitrogens with zero attached hydrogens (tertiary/aromatic N) is 3. The Kier molecular flexibility index (Phi) is 1.36. The largest absolute Gasteiger partial charge is 0.213 e. The fraction of sp³-hybridized carbons (Fsp3) is 0. The van der Waals surface area contributed by atoms with Gasteiger partial charge in [0.2, 0.25) is 4.96 Å². The van der Waals surface area contributed by atoms with Crippen molar-refractivity contribution in [2.45, 2.75) is 0 Å². The highest BCUT2D eigenvalue weighted by atomic mass is 35.5. The first-order valence-electron chi connectivity index (χ1n) is 3.72. The Bertz CT molecular complexity index is 583. The molecule has 3 aromatic rings. The zero-order valence-electron chi connectivity index (χ0n) is 6.44. The van der Waals surface area contributed by atoms with Gasteiger partial charge in [0.05, 0.1) is 10.2 Å². The molecule has 0 fully saturated rings. The number of thiazole rings is 1. The Morgan fingerprint density at radius 3 is 3.23 bits per heavy atom. The lowest BCUT2D eigenvalue weighted by Crippen LogP contribution is -1.80. The minimum Gasteiger partial charge on any atom is -0.206 e. The van der Waals surface area contributed by atoms with E-state index < -0.39 is 0 Å². The molecule has 3 rings (SSSR count). The van der Waals surface area contributed by atoms with Crippen LogP contribution in [0.5, 0.6) is 0 Å². The summed E-state index contributed by atoms with van der Waals surface area (Å²) >= 11 is 7.46. The first kappa shape index (κ1) is 7.29. The van der Waals surface area contributed by atoms with Gasteiger partial charge >= 0.3 is 0 Å². The zero-order chi connectivity index (χ0) is 8.84. The van der Waals surface area contributed by atoms with Crippen molar-refractivity contribution in [1.82, 2.24) is 14.6 Å². The van der Waals surface area contributed by atoms with Gasteiger partial charge < -0.3 is 0 Å². The molecule has 0 radical (unpaired) electrons. The van der Waals surface area contributed by atoms with Crippen molar-refractivity contribution in [3.05, 3.63) is 29.5 Å². The lowest BCUT2D eigenvalue weighted by molar-refractivity contribution is 1.01. The summed E-state index contributed by atoms with van der Waals surface area (Å²) in [5.74, 6) is 0. The molecule has 0 aliphatic carbocycles. The Labute approximate surface area is 82.6 Å². The van der Waals surface area contributed by atoms with Crippen LogP contribution < -0.4 is 0 Å². The number of halogens is 1. The van der Waals surface area contributed by atoms with Gasteiger partial charge in [-0.25, -0.2) is 9.50 Å². The number of fused-ring (bicyclic) bond motifs is 3. The molecule has 0 aliphatic heterocycles. The molecule has 1 aromatic carbocycles. The summed E-state index contributed by atoms with van der Waals surface area (Å²) in [6, 6.07) is 5.74. The summed E-state index contributed by atoms with van der Waals surface area (Å²) in [5, 5.41) is 4.86. The van der Waals surface area contributed by atoms with Gasteiger partial charge in [-0.1, -0.05) is 22.9 Å². The third-order valence-corrected chi connectivity index (χ3v) is 3.11. The van der Waals surface area contributed by atoms with Gasteiger partial charge in [0.15, 0.2) is 0 Å². The summed E-state index contributed by atoms with van der Waals surface area (Å²) in [6.07, 6.45) is 1.56. The minimum absolute atomic E-state index is 0.747. The van der Waals surface area contributed by atoms with E-state index in [9.17, 15) is 0 Å². The van der Waals surface area contributed by atoms with Crippen molar-refractivity contribution >= 4 is 38.1 Å². The van der Waals surface area contributed by atoms with Gasteiger partial charge in [0, 0.05) is 5.02 Å². The maximum Gasteiger partial charge on any atom is 0.213 e. The molecule has 0 saturated carbocycles. The normalized spacial score (nSPS) is 11.5. The summed E-state index contributed by atoms with van der Waals surface area (Å²) in [7, 11) is 0. The molecule has 0 aliphatic rings. The third kappa shape index (κ3) is 0.959. The van der Waals surface area contributed by atoms with Crippen LogP contribution >= 0.6 is 22.9 Å². The molecular formula is C8H4ClN3S. The van der Waals surface area contributed by atoms with Crippen molar-refractivity contribution in [1.29, 1.82) is 0 Å². The molecule has 13 heavy (non-hydrogen) atoms. The Morgan fingerprint density at radius 1 is 1.38 bits per heavy atom. The van der Waals surface area contributed by atoms with Crippen LogP contribution in [0.4, 0.5) is 0 Å². The van der Waals surface area contributed by atoms with Gasteiger partial charge in [-0.2, -0.15) is 5.10 Å². The topological polar surface area (TPSA) is 30.2 Å². The lowest BCUT2D eigenvalue weighted by Gasteiger charge is -1.89. The molecule has 0 amide bonds. The van der Waals surface area contributed by atoms with Crippen LogP contribution in [0, 0.1) is 0 Å². The van der Waals surface area contributed by atoms with Crippen LogP contribution in [0.2, 0.25) is 5.02 Å². The molecule has 64 valence electrons. The molecular weight excluding hydrogens is 206 g/mol. The first-order chi connectivity index (χ1) is 6.34. The number of hydrogen-bond donors (Lipinski definition) is 0. The van der Waals surface area contributed by atoms with Gasteiger partial charge in [-0.15, -0.1) is 0 Å². The molecule has 0 bridgehead atoms. The maximum atomic E-state index is 5.87. The van der Waals surface area contributed by atoms with Crippen molar-refractivity contribution in [2.24, 2.45) is 0 Å². The first-order valence-corrected chi connectivity index (χ1v) is 4.92. The van der Waals surface area contributed by atoms with Crippen molar-refractivity contribution in [2.75, 3.05) is 0 Å². The average molecular weight is 210 g/mol. The second kappa shape index (κ2) is 2.43. The van der Waals surface area contributed by atoms with Gasteiger partial charge in [-0.05, 0) is 18.2 Å². The van der Waals surface area contributed by atoms with E-state index in [1.807, 2.05) is 22.7 Å². The van der Waals surface area contributed by atoms with E-state index in [0.29, 0.717) is 0 Å². The predicted molar refractivity (Wildman–Crippen MR) is 53.4 cm³/mol. The maximum absolute atomic E-state index is 5.87. The fourth-order valence-corrected chi connectivity index (χ4v) is 2.52. The van der Waals surface area contributed by atoms with E-state index in [0.717, 1.165) is 20.2 Å². The number of hydrogen-bond acceptors (Lipinski definition) is 3. The smallest absolute Gasteiger partial charge is 0.206 e. The number of aromatic nitrogens is 3. The highest BCUT2D eigenvalue weighted by molar-refractivity contribution is 7.23. The third-order valence-electron chi connectivity index (χ3n) is 1.87. The summed E-state index contributed by atoms with van der Waals surface area (Å²) in [4.78, 5) is 5.01. The van der Waals surface area contributed by atoms with E-state index in [2.05, 4.69) is 10.1 Å². The van der Waals surface area contributed by atoms with E-state index >= 15 is 0 Å². The van der Waals surface area contributed by atoms with E-state index in [1.165, 1.54) is 0 Å². The summed E-state index contributed by atoms with van der Waals surface area (Å²) < 4.78 is 2.93. The molecule has 0 saturated heterocycles. The Morgan fingerprint density at radius 2 is 2.31 bits per heavy atom. The molecule has 3 nitrogen and oxygen atoms in total. The highest BCUT2D eigenvalue weighted by Crippen LogP contribution is 2.26. The van der Waals surface area contributed by atoms with Crippen LogP contribution in [0.3, 0.4) is 0 Å². The van der Waals surface area contributed by atoms with Crippen LogP contribution in [0.15, 0.2) is 24.5 Å². The number of rotatable bonds is 0. The molecule has 5 heteroatoms.